The van der Waals surface area contributed by atoms with Gasteiger partial charge in [-0.1, -0.05) is 11.3 Å². The smallest absolute Gasteiger partial charge is 0.299 e. The first-order valence-electron chi connectivity index (χ1n) is 5.93. The Bertz CT molecular complexity index is 663. The van der Waals surface area contributed by atoms with Crippen molar-refractivity contribution in [2.24, 2.45) is 0 Å². The minimum atomic E-state index is -4.54. The SMILES string of the molecule is Cc1nnc(NC(=O)[C@H](C)n2nc(C(F)(F)F)cc2C)s1. The number of aryl methyl sites for hydroxylation is 2. The van der Waals surface area contributed by atoms with Crippen molar-refractivity contribution in [3.05, 3.63) is 22.5 Å². The largest absolute Gasteiger partial charge is 0.435 e. The molecule has 0 fully saturated rings. The molecule has 2 heterocycles. The van der Waals surface area contributed by atoms with Crippen LogP contribution in [-0.4, -0.2) is 25.9 Å². The predicted octanol–water partition coefficient (Wildman–Crippen LogP) is 2.57. The molecule has 0 spiro atoms. The number of rotatable bonds is 3. The number of nitrogens with one attached hydrogen (secondary N) is 1. The van der Waals surface area contributed by atoms with Gasteiger partial charge in [-0.15, -0.1) is 10.2 Å². The van der Waals surface area contributed by atoms with E-state index in [1.54, 1.807) is 6.92 Å². The summed E-state index contributed by atoms with van der Waals surface area (Å²) in [6, 6.07) is 0.00380. The molecule has 1 amide bonds. The minimum absolute atomic E-state index is 0.249. The zero-order valence-corrected chi connectivity index (χ0v) is 12.2. The van der Waals surface area contributed by atoms with Crippen LogP contribution in [0, 0.1) is 13.8 Å². The number of anilines is 1. The Hall–Kier alpha value is -1.97. The van der Waals surface area contributed by atoms with Gasteiger partial charge < -0.3 is 0 Å². The second-order valence-corrected chi connectivity index (χ2v) is 5.59. The van der Waals surface area contributed by atoms with Gasteiger partial charge in [0.15, 0.2) is 5.69 Å². The fourth-order valence-corrected chi connectivity index (χ4v) is 2.28. The van der Waals surface area contributed by atoms with E-state index in [4.69, 9.17) is 0 Å². The molecule has 2 rings (SSSR count). The van der Waals surface area contributed by atoms with E-state index in [9.17, 15) is 18.0 Å². The third-order valence-corrected chi connectivity index (χ3v) is 3.47. The van der Waals surface area contributed by atoms with E-state index in [0.29, 0.717) is 10.1 Å². The first-order valence-corrected chi connectivity index (χ1v) is 6.74. The number of amides is 1. The number of hydrogen-bond donors (Lipinski definition) is 1. The molecule has 2 aromatic heterocycles. The standard InChI is InChI=1S/C11H12F3N5OS/c1-5-4-8(11(12,13)14)18-19(5)6(2)9(20)15-10-17-16-7(3)21-10/h4,6H,1-3H3,(H,15,17,20)/t6-/m0/s1. The molecule has 0 unspecified atom stereocenters. The average Bonchev–Trinajstić information content (AvgIpc) is 2.94. The summed E-state index contributed by atoms with van der Waals surface area (Å²) in [5.41, 5.74) is -0.773. The van der Waals surface area contributed by atoms with Crippen molar-refractivity contribution in [2.75, 3.05) is 5.32 Å². The van der Waals surface area contributed by atoms with E-state index >= 15 is 0 Å². The van der Waals surface area contributed by atoms with Crippen LogP contribution in [0.1, 0.15) is 29.4 Å². The highest BCUT2D eigenvalue weighted by atomic mass is 32.1. The molecule has 0 aliphatic heterocycles. The van der Waals surface area contributed by atoms with Gasteiger partial charge in [0.2, 0.25) is 5.13 Å². The van der Waals surface area contributed by atoms with E-state index < -0.39 is 23.8 Å². The summed E-state index contributed by atoms with van der Waals surface area (Å²) >= 11 is 1.18. The third-order valence-electron chi connectivity index (χ3n) is 2.72. The quantitative estimate of drug-likeness (QED) is 0.944. The lowest BCUT2D eigenvalue weighted by Gasteiger charge is -2.13. The monoisotopic (exact) mass is 319 g/mol. The number of hydrogen-bond acceptors (Lipinski definition) is 5. The van der Waals surface area contributed by atoms with Crippen molar-refractivity contribution in [2.45, 2.75) is 33.0 Å². The number of carbonyl (C=O) groups excluding carboxylic acids is 1. The van der Waals surface area contributed by atoms with E-state index in [0.717, 1.165) is 10.7 Å². The highest BCUT2D eigenvalue weighted by Gasteiger charge is 2.35. The number of carbonyl (C=O) groups is 1. The lowest BCUT2D eigenvalue weighted by molar-refractivity contribution is -0.141. The predicted molar refractivity (Wildman–Crippen MR) is 70.0 cm³/mol. The van der Waals surface area contributed by atoms with E-state index in [2.05, 4.69) is 20.6 Å². The zero-order valence-electron chi connectivity index (χ0n) is 11.4. The van der Waals surface area contributed by atoms with Crippen molar-refractivity contribution in [3.63, 3.8) is 0 Å². The molecule has 0 aromatic carbocycles. The van der Waals surface area contributed by atoms with Crippen LogP contribution in [0.25, 0.3) is 0 Å². The summed E-state index contributed by atoms with van der Waals surface area (Å²) < 4.78 is 38.8. The van der Waals surface area contributed by atoms with Gasteiger partial charge in [-0.05, 0) is 26.8 Å². The highest BCUT2D eigenvalue weighted by molar-refractivity contribution is 7.15. The molecule has 114 valence electrons. The average molecular weight is 319 g/mol. The fourth-order valence-electron chi connectivity index (χ4n) is 1.69. The van der Waals surface area contributed by atoms with Crippen LogP contribution in [0.5, 0.6) is 0 Å². The molecule has 0 saturated heterocycles. The molecule has 21 heavy (non-hydrogen) atoms. The summed E-state index contributed by atoms with van der Waals surface area (Å²) in [7, 11) is 0. The fraction of sp³-hybridized carbons (Fsp3) is 0.455. The maximum absolute atomic E-state index is 12.6. The topological polar surface area (TPSA) is 72.7 Å². The Morgan fingerprint density at radius 1 is 1.38 bits per heavy atom. The van der Waals surface area contributed by atoms with E-state index in [1.165, 1.54) is 25.2 Å². The van der Waals surface area contributed by atoms with Crippen molar-refractivity contribution < 1.29 is 18.0 Å². The van der Waals surface area contributed by atoms with Gasteiger partial charge in [0.25, 0.3) is 5.91 Å². The molecule has 0 radical (unpaired) electrons. The van der Waals surface area contributed by atoms with Gasteiger partial charge in [0.05, 0.1) is 0 Å². The summed E-state index contributed by atoms with van der Waals surface area (Å²) in [5, 5.41) is 14.4. The highest BCUT2D eigenvalue weighted by Crippen LogP contribution is 2.29. The van der Waals surface area contributed by atoms with Gasteiger partial charge in [-0.2, -0.15) is 18.3 Å². The van der Waals surface area contributed by atoms with Gasteiger partial charge >= 0.3 is 6.18 Å². The van der Waals surface area contributed by atoms with Gasteiger partial charge in [-0.25, -0.2) is 0 Å². The lowest BCUT2D eigenvalue weighted by Crippen LogP contribution is -2.25. The van der Waals surface area contributed by atoms with E-state index in [-0.39, 0.29) is 5.69 Å². The first-order chi connectivity index (χ1) is 9.68. The number of halogens is 3. The normalized spacial score (nSPS) is 13.2. The molecular formula is C11H12F3N5OS. The van der Waals surface area contributed by atoms with Crippen molar-refractivity contribution >= 4 is 22.4 Å². The summed E-state index contributed by atoms with van der Waals surface area (Å²) in [6.45, 7) is 4.65. The molecule has 1 N–H and O–H groups in total. The maximum atomic E-state index is 12.6. The molecule has 0 saturated carbocycles. The number of aromatic nitrogens is 4. The zero-order chi connectivity index (χ0) is 15.8. The maximum Gasteiger partial charge on any atom is 0.435 e. The lowest BCUT2D eigenvalue weighted by atomic mass is 10.3. The van der Waals surface area contributed by atoms with Crippen LogP contribution in [0.2, 0.25) is 0 Å². The molecular weight excluding hydrogens is 307 g/mol. The summed E-state index contributed by atoms with van der Waals surface area (Å²) in [6.07, 6.45) is -4.54. The van der Waals surface area contributed by atoms with Gasteiger partial charge in [0, 0.05) is 5.69 Å². The van der Waals surface area contributed by atoms with Crippen molar-refractivity contribution in [3.8, 4) is 0 Å². The van der Waals surface area contributed by atoms with Crippen molar-refractivity contribution in [1.29, 1.82) is 0 Å². The molecule has 0 aliphatic rings. The summed E-state index contributed by atoms with van der Waals surface area (Å²) in [4.78, 5) is 12.0. The molecule has 1 atom stereocenters. The first kappa shape index (κ1) is 15.4. The van der Waals surface area contributed by atoms with Crippen LogP contribution in [0.4, 0.5) is 18.3 Å². The Morgan fingerprint density at radius 2 is 2.05 bits per heavy atom. The Morgan fingerprint density at radius 3 is 2.52 bits per heavy atom. The van der Waals surface area contributed by atoms with Crippen LogP contribution in [-0.2, 0) is 11.0 Å². The molecule has 6 nitrogen and oxygen atoms in total. The molecule has 0 aliphatic carbocycles. The van der Waals surface area contributed by atoms with Crippen LogP contribution in [0.15, 0.2) is 6.07 Å². The molecule has 10 heteroatoms. The third kappa shape index (κ3) is 3.38. The van der Waals surface area contributed by atoms with Gasteiger partial charge in [-0.3, -0.25) is 14.8 Å². The molecule has 2 aromatic rings. The van der Waals surface area contributed by atoms with Crippen LogP contribution < -0.4 is 5.32 Å². The summed E-state index contributed by atoms with van der Waals surface area (Å²) in [5.74, 6) is -0.508. The van der Waals surface area contributed by atoms with Crippen LogP contribution in [0.3, 0.4) is 0 Å². The Labute approximate surface area is 122 Å². The number of alkyl halides is 3. The Balaban J connectivity index is 2.17. The number of nitrogens with zero attached hydrogens (tertiary/aromatic N) is 4. The van der Waals surface area contributed by atoms with Crippen LogP contribution >= 0.6 is 11.3 Å². The second kappa shape index (κ2) is 5.43. The minimum Gasteiger partial charge on any atom is -0.299 e. The Kier molecular flexibility index (Phi) is 3.99. The van der Waals surface area contributed by atoms with Gasteiger partial charge in [0.1, 0.15) is 11.0 Å². The van der Waals surface area contributed by atoms with Crippen molar-refractivity contribution in [1.82, 2.24) is 20.0 Å². The molecule has 0 bridgehead atoms. The van der Waals surface area contributed by atoms with E-state index in [1.807, 2.05) is 0 Å². The second-order valence-electron chi connectivity index (χ2n) is 4.40.